The summed E-state index contributed by atoms with van der Waals surface area (Å²) in [6.45, 7) is 1.52. The molecule has 6 nitrogen and oxygen atoms in total. The average Bonchev–Trinajstić information content (AvgIpc) is 2.82. The van der Waals surface area contributed by atoms with E-state index in [4.69, 9.17) is 0 Å². The van der Waals surface area contributed by atoms with Crippen molar-refractivity contribution in [3.8, 4) is 0 Å². The molecule has 3 saturated carbocycles. The number of benzene rings is 1. The van der Waals surface area contributed by atoms with E-state index in [0.717, 1.165) is 49.3 Å². The van der Waals surface area contributed by atoms with Crippen LogP contribution < -0.4 is 16.4 Å². The number of aryl methyl sites for hydroxylation is 1. The summed E-state index contributed by atoms with van der Waals surface area (Å²) in [5.41, 5.74) is -2.55. The van der Waals surface area contributed by atoms with Gasteiger partial charge in [-0.3, -0.25) is 9.59 Å². The summed E-state index contributed by atoms with van der Waals surface area (Å²) in [6.07, 6.45) is 2.63. The average molecular weight is 491 g/mol. The number of nitrogens with zero attached hydrogens (tertiary/aromatic N) is 3. The molecule has 0 unspecified atom stereocenters. The number of halogens is 4. The normalized spacial score (nSPS) is 23.0. The molecular formula is C25H26F4N4O2. The Balaban J connectivity index is 1.61. The molecule has 0 amide bonds. The molecule has 3 aliphatic carbocycles. The van der Waals surface area contributed by atoms with Gasteiger partial charge in [-0.2, -0.15) is 18.3 Å². The van der Waals surface area contributed by atoms with Gasteiger partial charge in [-0.05, 0) is 57.4 Å². The van der Waals surface area contributed by atoms with Crippen LogP contribution in [0, 0.1) is 11.7 Å². The standard InChI is InChI=1S/C25H26F4N4O2/c1-14(16-4-3-5-19(21(16)26)25(27,28)29)30-22-18-13-33(24-9-6-15(7-10-24)8-11-24)20(34)12-17(18)23(35)32(2)31-22/h3-5,12-15H,6-11H2,1-2H3,(H,30,31)/t14-,15?,24?/m1/s1. The molecule has 6 rings (SSSR count). The molecule has 2 bridgehead atoms. The van der Waals surface area contributed by atoms with Crippen molar-refractivity contribution in [3.63, 3.8) is 0 Å². The van der Waals surface area contributed by atoms with E-state index in [1.165, 1.54) is 26.1 Å². The maximum Gasteiger partial charge on any atom is 0.419 e. The molecule has 3 aromatic rings. The molecule has 3 fully saturated rings. The number of fused-ring (bicyclic) bond motifs is 4. The second-order valence-corrected chi connectivity index (χ2v) is 9.87. The summed E-state index contributed by atoms with van der Waals surface area (Å²) in [4.78, 5) is 25.9. The second kappa shape index (κ2) is 8.20. The van der Waals surface area contributed by atoms with Gasteiger partial charge in [0.25, 0.3) is 11.1 Å². The molecule has 1 N–H and O–H groups in total. The third-order valence-electron chi connectivity index (χ3n) is 7.80. The largest absolute Gasteiger partial charge is 0.419 e. The van der Waals surface area contributed by atoms with E-state index < -0.39 is 29.2 Å². The Morgan fingerprint density at radius 3 is 2.40 bits per heavy atom. The van der Waals surface area contributed by atoms with Crippen molar-refractivity contribution in [2.24, 2.45) is 13.0 Å². The van der Waals surface area contributed by atoms with Gasteiger partial charge in [0.2, 0.25) is 0 Å². The van der Waals surface area contributed by atoms with Gasteiger partial charge in [-0.25, -0.2) is 9.07 Å². The minimum atomic E-state index is -4.82. The molecule has 2 aromatic heterocycles. The van der Waals surface area contributed by atoms with E-state index >= 15 is 0 Å². The van der Waals surface area contributed by atoms with E-state index in [2.05, 4.69) is 10.4 Å². The van der Waals surface area contributed by atoms with Crippen molar-refractivity contribution >= 4 is 16.6 Å². The molecule has 1 atom stereocenters. The number of alkyl halides is 3. The van der Waals surface area contributed by atoms with Crippen LogP contribution in [-0.2, 0) is 18.8 Å². The van der Waals surface area contributed by atoms with Crippen LogP contribution in [0.5, 0.6) is 0 Å². The Bertz CT molecular complexity index is 1400. The SMILES string of the molecule is C[C@@H](Nc1nn(C)c(=O)c2cc(=O)n(C34CCC(CC3)CC4)cc12)c1cccc(C(F)(F)F)c1F. The number of nitrogens with one attached hydrogen (secondary N) is 1. The van der Waals surface area contributed by atoms with E-state index in [1.54, 1.807) is 10.8 Å². The number of hydrogen-bond acceptors (Lipinski definition) is 4. The fourth-order valence-electron chi connectivity index (χ4n) is 5.77. The first-order chi connectivity index (χ1) is 16.5. The van der Waals surface area contributed by atoms with Crippen LogP contribution in [0.1, 0.15) is 62.6 Å². The molecule has 10 heteroatoms. The third-order valence-corrected chi connectivity index (χ3v) is 7.80. The van der Waals surface area contributed by atoms with Crippen LogP contribution in [-0.4, -0.2) is 14.3 Å². The molecule has 35 heavy (non-hydrogen) atoms. The van der Waals surface area contributed by atoms with Crippen LogP contribution >= 0.6 is 0 Å². The summed E-state index contributed by atoms with van der Waals surface area (Å²) in [6, 6.07) is 3.55. The van der Waals surface area contributed by atoms with Crippen LogP contribution in [0.15, 0.2) is 40.1 Å². The fraction of sp³-hybridized carbons (Fsp3) is 0.480. The summed E-state index contributed by atoms with van der Waals surface area (Å²) in [7, 11) is 1.43. The number of rotatable bonds is 4. The molecule has 0 aliphatic heterocycles. The van der Waals surface area contributed by atoms with Gasteiger partial charge in [0.1, 0.15) is 5.82 Å². The lowest BCUT2D eigenvalue weighted by atomic mass is 9.65. The van der Waals surface area contributed by atoms with Gasteiger partial charge < -0.3 is 9.88 Å². The smallest absolute Gasteiger partial charge is 0.361 e. The molecule has 0 radical (unpaired) electrons. The highest BCUT2D eigenvalue weighted by atomic mass is 19.4. The van der Waals surface area contributed by atoms with Crippen molar-refractivity contribution < 1.29 is 17.6 Å². The maximum absolute atomic E-state index is 14.8. The van der Waals surface area contributed by atoms with Crippen molar-refractivity contribution in [3.05, 3.63) is 68.1 Å². The van der Waals surface area contributed by atoms with E-state index in [9.17, 15) is 27.2 Å². The Morgan fingerprint density at radius 2 is 1.77 bits per heavy atom. The first kappa shape index (κ1) is 23.6. The quantitative estimate of drug-likeness (QED) is 0.517. The van der Waals surface area contributed by atoms with E-state index in [-0.39, 0.29) is 27.9 Å². The van der Waals surface area contributed by atoms with Crippen molar-refractivity contribution in [1.82, 2.24) is 14.3 Å². The van der Waals surface area contributed by atoms with Crippen LogP contribution in [0.3, 0.4) is 0 Å². The van der Waals surface area contributed by atoms with Crippen LogP contribution in [0.25, 0.3) is 10.8 Å². The highest BCUT2D eigenvalue weighted by Crippen LogP contribution is 2.48. The second-order valence-electron chi connectivity index (χ2n) is 9.87. The molecule has 186 valence electrons. The monoisotopic (exact) mass is 490 g/mol. The van der Waals surface area contributed by atoms with E-state index in [1.807, 2.05) is 0 Å². The highest BCUT2D eigenvalue weighted by molar-refractivity contribution is 5.90. The summed E-state index contributed by atoms with van der Waals surface area (Å²) >= 11 is 0. The first-order valence-electron chi connectivity index (χ1n) is 11.8. The predicted octanol–water partition coefficient (Wildman–Crippen LogP) is 5.11. The lowest BCUT2D eigenvalue weighted by Gasteiger charge is -2.47. The first-order valence-corrected chi connectivity index (χ1v) is 11.8. The van der Waals surface area contributed by atoms with Gasteiger partial charge in [0.15, 0.2) is 5.82 Å². The van der Waals surface area contributed by atoms with Crippen molar-refractivity contribution in [1.29, 1.82) is 0 Å². The summed E-state index contributed by atoms with van der Waals surface area (Å²) in [5, 5.41) is 7.80. The Morgan fingerprint density at radius 1 is 1.11 bits per heavy atom. The molecule has 1 aromatic carbocycles. The minimum absolute atomic E-state index is 0.156. The molecule has 2 heterocycles. The maximum atomic E-state index is 14.8. The molecular weight excluding hydrogens is 464 g/mol. The number of anilines is 1. The van der Waals surface area contributed by atoms with E-state index in [0.29, 0.717) is 17.4 Å². The van der Waals surface area contributed by atoms with Gasteiger partial charge in [0, 0.05) is 35.8 Å². The van der Waals surface area contributed by atoms with Gasteiger partial charge in [-0.15, -0.1) is 0 Å². The highest BCUT2D eigenvalue weighted by Gasteiger charge is 2.42. The fourth-order valence-corrected chi connectivity index (χ4v) is 5.77. The van der Waals surface area contributed by atoms with Gasteiger partial charge in [-0.1, -0.05) is 12.1 Å². The Kier molecular flexibility index (Phi) is 5.52. The molecule has 3 aliphatic rings. The zero-order valence-electron chi connectivity index (χ0n) is 19.5. The topological polar surface area (TPSA) is 68.9 Å². The number of aromatic nitrogens is 3. The van der Waals surface area contributed by atoms with Crippen LogP contribution in [0.2, 0.25) is 0 Å². The number of pyridine rings is 1. The Hall–Kier alpha value is -3.17. The summed E-state index contributed by atoms with van der Waals surface area (Å²) < 4.78 is 57.2. The predicted molar refractivity (Wildman–Crippen MR) is 124 cm³/mol. The molecule has 0 saturated heterocycles. The van der Waals surface area contributed by atoms with Gasteiger partial charge in [0.05, 0.1) is 17.0 Å². The Labute approximate surface area is 198 Å². The van der Waals surface area contributed by atoms with Crippen molar-refractivity contribution in [2.45, 2.75) is 63.2 Å². The third kappa shape index (κ3) is 3.92. The lowest BCUT2D eigenvalue weighted by Crippen LogP contribution is -2.47. The zero-order valence-corrected chi connectivity index (χ0v) is 19.5. The van der Waals surface area contributed by atoms with Crippen LogP contribution in [0.4, 0.5) is 23.4 Å². The van der Waals surface area contributed by atoms with Crippen molar-refractivity contribution in [2.75, 3.05) is 5.32 Å². The number of hydrogen-bond donors (Lipinski definition) is 1. The summed E-state index contributed by atoms with van der Waals surface area (Å²) in [5.74, 6) is -0.465. The van der Waals surface area contributed by atoms with Gasteiger partial charge >= 0.3 is 6.18 Å². The lowest BCUT2D eigenvalue weighted by molar-refractivity contribution is -0.140. The zero-order chi connectivity index (χ0) is 25.1. The molecule has 0 spiro atoms. The minimum Gasteiger partial charge on any atom is -0.361 e.